The highest BCUT2D eigenvalue weighted by Crippen LogP contribution is 2.25. The first-order chi connectivity index (χ1) is 12.7. The minimum atomic E-state index is -0.175. The number of aliphatic imine (C=N–C) groups is 1. The number of ether oxygens (including phenoxy) is 1. The summed E-state index contributed by atoms with van der Waals surface area (Å²) in [6.07, 6.45) is 3.72. The molecule has 1 aliphatic heterocycles. The minimum Gasteiger partial charge on any atom is -0.493 e. The number of nitrogens with zero attached hydrogens (tertiary/aromatic N) is 1. The molecule has 2 aromatic carbocycles. The second kappa shape index (κ2) is 9.22. The van der Waals surface area contributed by atoms with Gasteiger partial charge in [-0.15, -0.1) is 0 Å². The lowest BCUT2D eigenvalue weighted by molar-refractivity contribution is 0.357. The fourth-order valence-corrected chi connectivity index (χ4v) is 3.13. The van der Waals surface area contributed by atoms with E-state index in [1.807, 2.05) is 6.07 Å². The van der Waals surface area contributed by atoms with Gasteiger partial charge in [-0.05, 0) is 54.2 Å². The van der Waals surface area contributed by atoms with E-state index in [4.69, 9.17) is 4.74 Å². The van der Waals surface area contributed by atoms with Crippen molar-refractivity contribution in [1.82, 2.24) is 10.6 Å². The van der Waals surface area contributed by atoms with Gasteiger partial charge in [0, 0.05) is 26.6 Å². The van der Waals surface area contributed by atoms with Crippen LogP contribution in [0, 0.1) is 5.82 Å². The molecule has 0 amide bonds. The maximum Gasteiger partial charge on any atom is 0.190 e. The highest BCUT2D eigenvalue weighted by molar-refractivity contribution is 5.79. The number of hydrogen-bond donors (Lipinski definition) is 2. The predicted octanol–water partition coefficient (Wildman–Crippen LogP) is 3.10. The third-order valence-electron chi connectivity index (χ3n) is 4.51. The number of hydrogen-bond acceptors (Lipinski definition) is 2. The summed E-state index contributed by atoms with van der Waals surface area (Å²) in [6.45, 7) is 2.42. The molecule has 0 saturated carbocycles. The van der Waals surface area contributed by atoms with Crippen LogP contribution < -0.4 is 15.4 Å². The first-order valence-corrected chi connectivity index (χ1v) is 9.18. The lowest BCUT2D eigenvalue weighted by Crippen LogP contribution is -2.38. The van der Waals surface area contributed by atoms with Crippen LogP contribution in [0.1, 0.15) is 23.1 Å². The Kier molecular flexibility index (Phi) is 6.47. The Labute approximate surface area is 154 Å². The van der Waals surface area contributed by atoms with Crippen molar-refractivity contribution in [3.63, 3.8) is 0 Å². The van der Waals surface area contributed by atoms with Gasteiger partial charge in [0.2, 0.25) is 0 Å². The largest absolute Gasteiger partial charge is 0.493 e. The van der Waals surface area contributed by atoms with Crippen molar-refractivity contribution in [1.29, 1.82) is 0 Å². The van der Waals surface area contributed by atoms with Gasteiger partial charge in [-0.3, -0.25) is 4.99 Å². The summed E-state index contributed by atoms with van der Waals surface area (Å²) in [5.41, 5.74) is 3.64. The van der Waals surface area contributed by atoms with Crippen molar-refractivity contribution < 1.29 is 9.13 Å². The SMILES string of the molecule is CN=C(NCCCc1cccc(F)c1)NCCc1ccc2c(c1)CCO2. The Bertz CT molecular complexity index is 761. The number of halogens is 1. The molecule has 1 aliphatic rings. The van der Waals surface area contributed by atoms with Crippen molar-refractivity contribution in [3.8, 4) is 5.75 Å². The van der Waals surface area contributed by atoms with Crippen LogP contribution in [-0.2, 0) is 19.3 Å². The van der Waals surface area contributed by atoms with E-state index in [-0.39, 0.29) is 5.82 Å². The van der Waals surface area contributed by atoms with Crippen LogP contribution in [0.2, 0.25) is 0 Å². The lowest BCUT2D eigenvalue weighted by Gasteiger charge is -2.12. The molecule has 138 valence electrons. The van der Waals surface area contributed by atoms with Gasteiger partial charge in [0.1, 0.15) is 11.6 Å². The van der Waals surface area contributed by atoms with Crippen LogP contribution in [0.25, 0.3) is 0 Å². The second-order valence-corrected chi connectivity index (χ2v) is 6.45. The topological polar surface area (TPSA) is 45.7 Å². The Hall–Kier alpha value is -2.56. The molecule has 0 atom stereocenters. The number of fused-ring (bicyclic) bond motifs is 1. The molecule has 3 rings (SSSR count). The molecule has 26 heavy (non-hydrogen) atoms. The van der Waals surface area contributed by atoms with E-state index in [1.165, 1.54) is 17.2 Å². The second-order valence-electron chi connectivity index (χ2n) is 6.45. The molecule has 0 saturated heterocycles. The predicted molar refractivity (Wildman–Crippen MR) is 103 cm³/mol. The van der Waals surface area contributed by atoms with E-state index in [0.717, 1.165) is 62.7 Å². The molecule has 5 heteroatoms. The molecule has 0 fully saturated rings. The summed E-state index contributed by atoms with van der Waals surface area (Å²) in [5.74, 6) is 1.65. The Balaban J connectivity index is 1.35. The smallest absolute Gasteiger partial charge is 0.190 e. The summed E-state index contributed by atoms with van der Waals surface area (Å²) in [6, 6.07) is 13.2. The summed E-state index contributed by atoms with van der Waals surface area (Å²) >= 11 is 0. The van der Waals surface area contributed by atoms with E-state index in [1.54, 1.807) is 19.2 Å². The van der Waals surface area contributed by atoms with Gasteiger partial charge >= 0.3 is 0 Å². The molecule has 0 unspecified atom stereocenters. The van der Waals surface area contributed by atoms with Gasteiger partial charge in [0.25, 0.3) is 0 Å². The van der Waals surface area contributed by atoms with Gasteiger partial charge < -0.3 is 15.4 Å². The Morgan fingerprint density at radius 1 is 1.08 bits per heavy atom. The molecular formula is C21H26FN3O. The van der Waals surface area contributed by atoms with E-state index in [2.05, 4.69) is 33.8 Å². The highest BCUT2D eigenvalue weighted by Gasteiger charge is 2.11. The van der Waals surface area contributed by atoms with Crippen LogP contribution in [0.3, 0.4) is 0 Å². The van der Waals surface area contributed by atoms with Crippen molar-refractivity contribution in [3.05, 3.63) is 65.0 Å². The molecule has 0 aromatic heterocycles. The molecule has 0 spiro atoms. The zero-order valence-electron chi connectivity index (χ0n) is 15.2. The third kappa shape index (κ3) is 5.22. The molecule has 0 bridgehead atoms. The molecule has 0 aliphatic carbocycles. The van der Waals surface area contributed by atoms with Crippen LogP contribution in [0.4, 0.5) is 4.39 Å². The van der Waals surface area contributed by atoms with E-state index in [0.29, 0.717) is 0 Å². The van der Waals surface area contributed by atoms with E-state index < -0.39 is 0 Å². The van der Waals surface area contributed by atoms with Crippen LogP contribution in [-0.4, -0.2) is 32.7 Å². The number of rotatable bonds is 7. The molecule has 1 heterocycles. The summed E-state index contributed by atoms with van der Waals surface area (Å²) in [7, 11) is 1.77. The zero-order valence-corrected chi connectivity index (χ0v) is 15.2. The zero-order chi connectivity index (χ0) is 18.2. The standard InChI is InChI=1S/C21H26FN3O/c1-23-21(24-11-3-5-16-4-2-6-19(22)15-16)25-12-9-17-7-8-20-18(14-17)10-13-26-20/h2,4,6-8,14-15H,3,5,9-13H2,1H3,(H2,23,24,25). The average molecular weight is 355 g/mol. The molecular weight excluding hydrogens is 329 g/mol. The third-order valence-corrected chi connectivity index (χ3v) is 4.51. The maximum absolute atomic E-state index is 13.2. The Morgan fingerprint density at radius 3 is 2.77 bits per heavy atom. The van der Waals surface area contributed by atoms with Gasteiger partial charge in [0.15, 0.2) is 5.96 Å². The first-order valence-electron chi connectivity index (χ1n) is 9.18. The van der Waals surface area contributed by atoms with Crippen molar-refractivity contribution in [2.75, 3.05) is 26.7 Å². The summed E-state index contributed by atoms with van der Waals surface area (Å²) in [4.78, 5) is 4.25. The summed E-state index contributed by atoms with van der Waals surface area (Å²) < 4.78 is 18.7. The number of benzene rings is 2. The number of nitrogens with one attached hydrogen (secondary N) is 2. The molecule has 2 aromatic rings. The quantitative estimate of drug-likeness (QED) is 0.456. The first kappa shape index (κ1) is 18.2. The Morgan fingerprint density at radius 2 is 1.92 bits per heavy atom. The maximum atomic E-state index is 13.2. The lowest BCUT2D eigenvalue weighted by atomic mass is 10.1. The average Bonchev–Trinajstić information content (AvgIpc) is 3.11. The fourth-order valence-electron chi connectivity index (χ4n) is 3.13. The fraction of sp³-hybridized carbons (Fsp3) is 0.381. The van der Waals surface area contributed by atoms with Gasteiger partial charge in [-0.25, -0.2) is 4.39 Å². The number of aryl methyl sites for hydroxylation is 1. The van der Waals surface area contributed by atoms with Crippen molar-refractivity contribution >= 4 is 5.96 Å². The van der Waals surface area contributed by atoms with Gasteiger partial charge in [0.05, 0.1) is 6.61 Å². The molecule has 4 nitrogen and oxygen atoms in total. The van der Waals surface area contributed by atoms with Crippen LogP contribution >= 0.6 is 0 Å². The minimum absolute atomic E-state index is 0.175. The van der Waals surface area contributed by atoms with Crippen molar-refractivity contribution in [2.24, 2.45) is 4.99 Å². The highest BCUT2D eigenvalue weighted by atomic mass is 19.1. The molecule has 0 radical (unpaired) electrons. The molecule has 2 N–H and O–H groups in total. The van der Waals surface area contributed by atoms with E-state index in [9.17, 15) is 4.39 Å². The normalized spacial score (nSPS) is 13.2. The summed E-state index contributed by atoms with van der Waals surface area (Å²) in [5, 5.41) is 6.65. The van der Waals surface area contributed by atoms with Crippen LogP contribution in [0.5, 0.6) is 5.75 Å². The van der Waals surface area contributed by atoms with Gasteiger partial charge in [-0.1, -0.05) is 24.3 Å². The van der Waals surface area contributed by atoms with Crippen LogP contribution in [0.15, 0.2) is 47.5 Å². The van der Waals surface area contributed by atoms with Gasteiger partial charge in [-0.2, -0.15) is 0 Å². The number of guanidine groups is 1. The monoisotopic (exact) mass is 355 g/mol. The van der Waals surface area contributed by atoms with E-state index >= 15 is 0 Å². The van der Waals surface area contributed by atoms with Crippen molar-refractivity contribution in [2.45, 2.75) is 25.7 Å².